The molecule has 13 heavy (non-hydrogen) atoms. The Morgan fingerprint density at radius 1 is 1.46 bits per heavy atom. The number of nitrogens with two attached hydrogens (primary N) is 1. The quantitative estimate of drug-likeness (QED) is 0.302. The first kappa shape index (κ1) is 10.3. The van der Waals surface area contributed by atoms with Crippen molar-refractivity contribution in [2.24, 2.45) is 16.8 Å². The molecular formula is C9H18N2O2. The molecule has 0 aromatic rings. The molecule has 0 aliphatic heterocycles. The summed E-state index contributed by atoms with van der Waals surface area (Å²) in [6.07, 6.45) is 4.94. The van der Waals surface area contributed by atoms with Gasteiger partial charge in [0, 0.05) is 0 Å². The van der Waals surface area contributed by atoms with Gasteiger partial charge >= 0.3 is 0 Å². The SMILES string of the molecule is CC1CCC(OC/C(N)=N/O)CC1. The highest BCUT2D eigenvalue weighted by molar-refractivity contribution is 5.80. The molecule has 0 aromatic carbocycles. The average molecular weight is 186 g/mol. The van der Waals surface area contributed by atoms with Gasteiger partial charge in [0.15, 0.2) is 5.84 Å². The van der Waals surface area contributed by atoms with E-state index in [1.807, 2.05) is 0 Å². The molecule has 0 aromatic heterocycles. The van der Waals surface area contributed by atoms with Crippen molar-refractivity contribution in [2.45, 2.75) is 38.7 Å². The Morgan fingerprint density at radius 2 is 2.08 bits per heavy atom. The summed E-state index contributed by atoms with van der Waals surface area (Å²) < 4.78 is 5.47. The second-order valence-corrected chi connectivity index (χ2v) is 3.78. The Kier molecular flexibility index (Phi) is 4.02. The number of hydrogen-bond donors (Lipinski definition) is 2. The minimum absolute atomic E-state index is 0.152. The molecule has 4 nitrogen and oxygen atoms in total. The topological polar surface area (TPSA) is 67.8 Å². The summed E-state index contributed by atoms with van der Waals surface area (Å²) in [4.78, 5) is 0. The van der Waals surface area contributed by atoms with Crippen LogP contribution in [0.4, 0.5) is 0 Å². The summed E-state index contributed by atoms with van der Waals surface area (Å²) in [5, 5.41) is 11.1. The Morgan fingerprint density at radius 3 is 2.62 bits per heavy atom. The van der Waals surface area contributed by atoms with Crippen molar-refractivity contribution in [3.05, 3.63) is 0 Å². The zero-order valence-corrected chi connectivity index (χ0v) is 8.07. The molecule has 1 aliphatic rings. The van der Waals surface area contributed by atoms with E-state index in [4.69, 9.17) is 15.7 Å². The predicted octanol–water partition coefficient (Wildman–Crippen LogP) is 1.33. The maximum Gasteiger partial charge on any atom is 0.165 e. The molecule has 3 N–H and O–H groups in total. The maximum absolute atomic E-state index is 8.29. The molecular weight excluding hydrogens is 168 g/mol. The summed E-state index contributed by atoms with van der Waals surface area (Å²) in [5.41, 5.74) is 5.29. The largest absolute Gasteiger partial charge is 0.409 e. The Bertz CT molecular complexity index is 174. The van der Waals surface area contributed by atoms with Crippen LogP contribution in [0.25, 0.3) is 0 Å². The summed E-state index contributed by atoms with van der Waals surface area (Å²) in [6, 6.07) is 0. The van der Waals surface area contributed by atoms with E-state index in [1.165, 1.54) is 12.8 Å². The molecule has 4 heteroatoms. The lowest BCUT2D eigenvalue weighted by Gasteiger charge is -2.25. The van der Waals surface area contributed by atoms with Gasteiger partial charge in [0.2, 0.25) is 0 Å². The van der Waals surface area contributed by atoms with E-state index < -0.39 is 0 Å². The molecule has 76 valence electrons. The Balaban J connectivity index is 2.16. The van der Waals surface area contributed by atoms with Gasteiger partial charge in [0.05, 0.1) is 6.10 Å². The molecule has 1 rings (SSSR count). The van der Waals surface area contributed by atoms with Crippen molar-refractivity contribution >= 4 is 5.84 Å². The van der Waals surface area contributed by atoms with Crippen LogP contribution >= 0.6 is 0 Å². The third kappa shape index (κ3) is 3.63. The fraction of sp³-hybridized carbons (Fsp3) is 0.889. The Hall–Kier alpha value is -0.770. The third-order valence-corrected chi connectivity index (χ3v) is 2.56. The van der Waals surface area contributed by atoms with Gasteiger partial charge in [-0.3, -0.25) is 0 Å². The monoisotopic (exact) mass is 186 g/mol. The number of oxime groups is 1. The number of amidine groups is 1. The van der Waals surface area contributed by atoms with Crippen molar-refractivity contribution in [1.82, 2.24) is 0 Å². The predicted molar refractivity (Wildman–Crippen MR) is 50.8 cm³/mol. The van der Waals surface area contributed by atoms with Gasteiger partial charge in [0.25, 0.3) is 0 Å². The van der Waals surface area contributed by atoms with Crippen molar-refractivity contribution in [3.63, 3.8) is 0 Å². The van der Waals surface area contributed by atoms with E-state index >= 15 is 0 Å². The summed E-state index contributed by atoms with van der Waals surface area (Å²) in [5.74, 6) is 0.974. The molecule has 0 radical (unpaired) electrons. The highest BCUT2D eigenvalue weighted by Crippen LogP contribution is 2.25. The van der Waals surface area contributed by atoms with Crippen LogP contribution in [-0.4, -0.2) is 23.8 Å². The van der Waals surface area contributed by atoms with Crippen molar-refractivity contribution in [2.75, 3.05) is 6.61 Å². The lowest BCUT2D eigenvalue weighted by molar-refractivity contribution is 0.0413. The van der Waals surface area contributed by atoms with E-state index in [9.17, 15) is 0 Å². The molecule has 1 fully saturated rings. The van der Waals surface area contributed by atoms with E-state index in [-0.39, 0.29) is 12.4 Å². The highest BCUT2D eigenvalue weighted by Gasteiger charge is 2.18. The first-order chi connectivity index (χ1) is 6.22. The van der Waals surface area contributed by atoms with E-state index in [1.54, 1.807) is 0 Å². The second kappa shape index (κ2) is 5.07. The molecule has 0 unspecified atom stereocenters. The van der Waals surface area contributed by atoms with Crippen LogP contribution in [0.5, 0.6) is 0 Å². The van der Waals surface area contributed by atoms with E-state index in [0.717, 1.165) is 18.8 Å². The van der Waals surface area contributed by atoms with Crippen LogP contribution in [0.15, 0.2) is 5.16 Å². The Labute approximate surface area is 78.7 Å². The highest BCUT2D eigenvalue weighted by atomic mass is 16.5. The van der Waals surface area contributed by atoms with Crippen molar-refractivity contribution < 1.29 is 9.94 Å². The normalized spacial score (nSPS) is 30.4. The van der Waals surface area contributed by atoms with Crippen LogP contribution in [0.3, 0.4) is 0 Å². The molecule has 0 amide bonds. The van der Waals surface area contributed by atoms with Gasteiger partial charge in [-0.25, -0.2) is 0 Å². The molecule has 0 atom stereocenters. The third-order valence-electron chi connectivity index (χ3n) is 2.56. The van der Waals surface area contributed by atoms with Gasteiger partial charge in [-0.05, 0) is 31.6 Å². The second-order valence-electron chi connectivity index (χ2n) is 3.78. The minimum Gasteiger partial charge on any atom is -0.409 e. The summed E-state index contributed by atoms with van der Waals surface area (Å²) in [7, 11) is 0. The van der Waals surface area contributed by atoms with E-state index in [2.05, 4.69) is 12.1 Å². The van der Waals surface area contributed by atoms with Gasteiger partial charge in [0.1, 0.15) is 6.61 Å². The van der Waals surface area contributed by atoms with Gasteiger partial charge < -0.3 is 15.7 Å². The number of ether oxygens (including phenoxy) is 1. The summed E-state index contributed by atoms with van der Waals surface area (Å²) in [6.45, 7) is 2.51. The van der Waals surface area contributed by atoms with Crippen LogP contribution in [0.2, 0.25) is 0 Å². The lowest BCUT2D eigenvalue weighted by atomic mass is 9.89. The number of rotatable bonds is 3. The molecule has 0 saturated heterocycles. The van der Waals surface area contributed by atoms with Gasteiger partial charge in [-0.15, -0.1) is 0 Å². The van der Waals surface area contributed by atoms with Gasteiger partial charge in [-0.2, -0.15) is 0 Å². The molecule has 1 aliphatic carbocycles. The fourth-order valence-electron chi connectivity index (χ4n) is 1.63. The number of hydrogen-bond acceptors (Lipinski definition) is 3. The van der Waals surface area contributed by atoms with Crippen LogP contribution < -0.4 is 5.73 Å². The smallest absolute Gasteiger partial charge is 0.165 e. The first-order valence-electron chi connectivity index (χ1n) is 4.80. The average Bonchev–Trinajstić information content (AvgIpc) is 2.16. The standard InChI is InChI=1S/C9H18N2O2/c1-7-2-4-8(5-3-7)13-6-9(10)11-12/h7-8,12H,2-6H2,1H3,(H2,10,11). The zero-order valence-electron chi connectivity index (χ0n) is 8.07. The lowest BCUT2D eigenvalue weighted by Crippen LogP contribution is -2.26. The molecule has 0 spiro atoms. The van der Waals surface area contributed by atoms with Gasteiger partial charge in [-0.1, -0.05) is 12.1 Å². The molecule has 0 heterocycles. The van der Waals surface area contributed by atoms with Crippen molar-refractivity contribution in [3.8, 4) is 0 Å². The summed E-state index contributed by atoms with van der Waals surface area (Å²) >= 11 is 0. The maximum atomic E-state index is 8.29. The number of nitrogens with zero attached hydrogens (tertiary/aromatic N) is 1. The molecule has 0 bridgehead atoms. The minimum atomic E-state index is 0.152. The van der Waals surface area contributed by atoms with Crippen molar-refractivity contribution in [1.29, 1.82) is 0 Å². The fourth-order valence-corrected chi connectivity index (χ4v) is 1.63. The molecule has 1 saturated carbocycles. The zero-order chi connectivity index (χ0) is 9.68. The van der Waals surface area contributed by atoms with Crippen LogP contribution in [-0.2, 0) is 4.74 Å². The van der Waals surface area contributed by atoms with E-state index in [0.29, 0.717) is 6.10 Å². The first-order valence-corrected chi connectivity index (χ1v) is 4.80. The van der Waals surface area contributed by atoms with Crippen LogP contribution in [0, 0.1) is 5.92 Å². The van der Waals surface area contributed by atoms with Crippen LogP contribution in [0.1, 0.15) is 32.6 Å².